The molecule has 0 aliphatic heterocycles. The summed E-state index contributed by atoms with van der Waals surface area (Å²) < 4.78 is 0. The largest absolute Gasteiger partial charge is 0.382 e. The summed E-state index contributed by atoms with van der Waals surface area (Å²) in [7, 11) is 1.88. The first kappa shape index (κ1) is 8.41. The number of aromatic nitrogens is 1. The molecule has 0 amide bonds. The molecule has 0 unspecified atom stereocenters. The van der Waals surface area contributed by atoms with E-state index < -0.39 is 0 Å². The van der Waals surface area contributed by atoms with E-state index in [4.69, 9.17) is 12.2 Å². The van der Waals surface area contributed by atoms with Gasteiger partial charge in [0.25, 0.3) is 0 Å². The van der Waals surface area contributed by atoms with Crippen LogP contribution < -0.4 is 10.6 Å². The quantitative estimate of drug-likeness (QED) is 0.650. The smallest absolute Gasteiger partial charge is 0.146 e. The number of hydrogen-bond acceptors (Lipinski definition) is 3. The Morgan fingerprint density at radius 1 is 1.75 bits per heavy atom. The highest BCUT2D eigenvalue weighted by Crippen LogP contribution is 2.17. The van der Waals surface area contributed by atoms with Crippen LogP contribution in [0.15, 0.2) is 18.3 Å². The molecule has 1 aromatic rings. The van der Waals surface area contributed by atoms with Crippen LogP contribution >= 0.6 is 0 Å². The van der Waals surface area contributed by atoms with Crippen molar-refractivity contribution in [2.75, 3.05) is 24.2 Å². The maximum atomic E-state index is 5.63. The van der Waals surface area contributed by atoms with Crippen LogP contribution in [0.25, 0.3) is 0 Å². The van der Waals surface area contributed by atoms with Crippen molar-refractivity contribution in [1.82, 2.24) is 4.98 Å². The summed E-state index contributed by atoms with van der Waals surface area (Å²) in [5.74, 6) is 3.05. The van der Waals surface area contributed by atoms with E-state index in [2.05, 4.69) is 10.9 Å². The van der Waals surface area contributed by atoms with E-state index in [1.165, 1.54) is 0 Å². The fourth-order valence-electron chi connectivity index (χ4n) is 0.954. The summed E-state index contributed by atoms with van der Waals surface area (Å²) in [5.41, 5.74) is 6.50. The van der Waals surface area contributed by atoms with Gasteiger partial charge in [-0.1, -0.05) is 5.92 Å². The first-order valence-electron chi connectivity index (χ1n) is 3.61. The summed E-state index contributed by atoms with van der Waals surface area (Å²) >= 11 is 0. The number of rotatable bonds is 2. The highest BCUT2D eigenvalue weighted by molar-refractivity contribution is 5.62. The van der Waals surface area contributed by atoms with Crippen LogP contribution in [0.5, 0.6) is 0 Å². The molecular formula is C9H11N3. The average Bonchev–Trinajstić information content (AvgIpc) is 2.05. The van der Waals surface area contributed by atoms with Gasteiger partial charge in [0.05, 0.1) is 12.2 Å². The molecule has 0 fully saturated rings. The highest BCUT2D eigenvalue weighted by Gasteiger charge is 2.02. The van der Waals surface area contributed by atoms with Gasteiger partial charge in [0, 0.05) is 13.2 Å². The van der Waals surface area contributed by atoms with Crippen LogP contribution in [0.1, 0.15) is 0 Å². The molecule has 0 aliphatic carbocycles. The minimum absolute atomic E-state index is 0.509. The second kappa shape index (κ2) is 3.63. The van der Waals surface area contributed by atoms with Crippen molar-refractivity contribution in [1.29, 1.82) is 0 Å². The normalized spacial score (nSPS) is 9.00. The summed E-state index contributed by atoms with van der Waals surface area (Å²) in [6.07, 6.45) is 6.82. The molecule has 1 heterocycles. The number of nitrogens with two attached hydrogens (primary N) is 1. The average molecular weight is 161 g/mol. The van der Waals surface area contributed by atoms with Gasteiger partial charge in [0.15, 0.2) is 0 Å². The molecule has 2 N–H and O–H groups in total. The predicted octanol–water partition coefficient (Wildman–Crippen LogP) is 0.733. The molecule has 12 heavy (non-hydrogen) atoms. The molecule has 62 valence electrons. The fraction of sp³-hybridized carbons (Fsp3) is 0.222. The zero-order chi connectivity index (χ0) is 8.97. The molecule has 0 saturated carbocycles. The summed E-state index contributed by atoms with van der Waals surface area (Å²) in [5, 5.41) is 0. The summed E-state index contributed by atoms with van der Waals surface area (Å²) in [6.45, 7) is 0.538. The molecule has 0 aromatic carbocycles. The maximum Gasteiger partial charge on any atom is 0.146 e. The molecule has 0 aliphatic rings. The number of nitrogen functional groups attached to an aromatic ring is 1. The van der Waals surface area contributed by atoms with Gasteiger partial charge in [-0.2, -0.15) is 0 Å². The second-order valence-corrected chi connectivity index (χ2v) is 2.47. The third-order valence-corrected chi connectivity index (χ3v) is 1.56. The first-order chi connectivity index (χ1) is 5.75. The van der Waals surface area contributed by atoms with Crippen LogP contribution in [-0.2, 0) is 0 Å². The third-order valence-electron chi connectivity index (χ3n) is 1.56. The molecule has 1 aromatic heterocycles. The van der Waals surface area contributed by atoms with Gasteiger partial charge >= 0.3 is 0 Å². The lowest BCUT2D eigenvalue weighted by molar-refractivity contribution is 1.04. The fourth-order valence-corrected chi connectivity index (χ4v) is 0.954. The van der Waals surface area contributed by atoms with Crippen LogP contribution in [0, 0.1) is 12.3 Å². The van der Waals surface area contributed by atoms with Gasteiger partial charge in [0.1, 0.15) is 5.82 Å². The van der Waals surface area contributed by atoms with E-state index in [0.717, 1.165) is 5.69 Å². The molecule has 1 rings (SSSR count). The van der Waals surface area contributed by atoms with E-state index >= 15 is 0 Å². The molecule has 3 nitrogen and oxygen atoms in total. The van der Waals surface area contributed by atoms with Gasteiger partial charge in [0.2, 0.25) is 0 Å². The van der Waals surface area contributed by atoms with E-state index in [-0.39, 0.29) is 0 Å². The van der Waals surface area contributed by atoms with Crippen molar-refractivity contribution in [3.63, 3.8) is 0 Å². The van der Waals surface area contributed by atoms with E-state index in [1.54, 1.807) is 6.20 Å². The monoisotopic (exact) mass is 161 g/mol. The van der Waals surface area contributed by atoms with Crippen molar-refractivity contribution in [3.8, 4) is 12.3 Å². The van der Waals surface area contributed by atoms with E-state index in [9.17, 15) is 0 Å². The predicted molar refractivity (Wildman–Crippen MR) is 50.8 cm³/mol. The maximum absolute atomic E-state index is 5.63. The standard InChI is InChI=1S/C9H11N3/c1-3-7-12(2)8-5-4-6-11-9(8)10/h1,4-6H,7H2,2H3,(H2,10,11). The molecular weight excluding hydrogens is 150 g/mol. The number of pyridine rings is 1. The van der Waals surface area contributed by atoms with Crippen molar-refractivity contribution in [2.45, 2.75) is 0 Å². The van der Waals surface area contributed by atoms with Crippen LogP contribution in [0.4, 0.5) is 11.5 Å². The molecule has 0 bridgehead atoms. The highest BCUT2D eigenvalue weighted by atomic mass is 15.1. The molecule has 3 heteroatoms. The topological polar surface area (TPSA) is 42.2 Å². The second-order valence-electron chi connectivity index (χ2n) is 2.47. The Hall–Kier alpha value is -1.69. The third kappa shape index (κ3) is 1.67. The van der Waals surface area contributed by atoms with Crippen molar-refractivity contribution in [2.24, 2.45) is 0 Å². The van der Waals surface area contributed by atoms with Crippen molar-refractivity contribution in [3.05, 3.63) is 18.3 Å². The minimum Gasteiger partial charge on any atom is -0.382 e. The van der Waals surface area contributed by atoms with Gasteiger partial charge in [-0.05, 0) is 12.1 Å². The van der Waals surface area contributed by atoms with Gasteiger partial charge in [-0.15, -0.1) is 6.42 Å². The van der Waals surface area contributed by atoms with Crippen LogP contribution in [0.3, 0.4) is 0 Å². The van der Waals surface area contributed by atoms with Crippen molar-refractivity contribution >= 4 is 11.5 Å². The van der Waals surface area contributed by atoms with Gasteiger partial charge < -0.3 is 10.6 Å². The SMILES string of the molecule is C#CCN(C)c1cccnc1N. The van der Waals surface area contributed by atoms with Crippen LogP contribution in [0.2, 0.25) is 0 Å². The van der Waals surface area contributed by atoms with E-state index in [1.807, 2.05) is 24.1 Å². The number of anilines is 2. The van der Waals surface area contributed by atoms with Crippen molar-refractivity contribution < 1.29 is 0 Å². The Morgan fingerprint density at radius 2 is 2.50 bits per heavy atom. The lowest BCUT2D eigenvalue weighted by atomic mass is 10.3. The number of hydrogen-bond donors (Lipinski definition) is 1. The van der Waals surface area contributed by atoms with Gasteiger partial charge in [-0.25, -0.2) is 4.98 Å². The first-order valence-corrected chi connectivity index (χ1v) is 3.61. The summed E-state index contributed by atoms with van der Waals surface area (Å²) in [6, 6.07) is 3.72. The molecule has 0 radical (unpaired) electrons. The Labute approximate surface area is 72.2 Å². The summed E-state index contributed by atoms with van der Waals surface area (Å²) in [4.78, 5) is 5.83. The Balaban J connectivity index is 2.88. The number of terminal acetylenes is 1. The lowest BCUT2D eigenvalue weighted by Gasteiger charge is -2.16. The Bertz CT molecular complexity index is 301. The minimum atomic E-state index is 0.509. The van der Waals surface area contributed by atoms with E-state index in [0.29, 0.717) is 12.4 Å². The lowest BCUT2D eigenvalue weighted by Crippen LogP contribution is -2.18. The Kier molecular flexibility index (Phi) is 2.54. The molecule has 0 saturated heterocycles. The molecule has 0 spiro atoms. The number of nitrogens with zero attached hydrogens (tertiary/aromatic N) is 2. The Morgan fingerprint density at radius 3 is 3.08 bits per heavy atom. The zero-order valence-corrected chi connectivity index (χ0v) is 6.99. The molecule has 0 atom stereocenters. The van der Waals surface area contributed by atoms with Crippen LogP contribution in [-0.4, -0.2) is 18.6 Å². The zero-order valence-electron chi connectivity index (χ0n) is 6.99. The van der Waals surface area contributed by atoms with Gasteiger partial charge in [-0.3, -0.25) is 0 Å².